The van der Waals surface area contributed by atoms with E-state index < -0.39 is 0 Å². The number of carbonyl (C=O) groups excluding carboxylic acids is 1. The van der Waals surface area contributed by atoms with Gasteiger partial charge in [0.05, 0.1) is 47.9 Å². The topological polar surface area (TPSA) is 89.1 Å². The van der Waals surface area contributed by atoms with Gasteiger partial charge in [-0.1, -0.05) is 35.3 Å². The second-order valence-corrected chi connectivity index (χ2v) is 7.02. The van der Waals surface area contributed by atoms with Crippen LogP contribution in [0.5, 0.6) is 11.5 Å². The molecule has 0 spiro atoms. The molecule has 2 aromatic heterocycles. The number of hydrogen-bond acceptors (Lipinski definition) is 5. The highest BCUT2D eigenvalue weighted by Crippen LogP contribution is 2.47. The number of anilines is 1. The minimum absolute atomic E-state index is 0.324. The fourth-order valence-electron chi connectivity index (χ4n) is 3.21. The second kappa shape index (κ2) is 8.22. The molecule has 0 aliphatic carbocycles. The summed E-state index contributed by atoms with van der Waals surface area (Å²) in [5.74, 6) is 1.00. The van der Waals surface area contributed by atoms with Gasteiger partial charge in [-0.05, 0) is 17.7 Å². The number of nitrogens with zero attached hydrogens (tertiary/aromatic N) is 2. The minimum Gasteiger partial charge on any atom is -0.495 e. The number of hydrogen-bond donors (Lipinski definition) is 2. The van der Waals surface area contributed by atoms with Crippen molar-refractivity contribution in [2.45, 2.75) is 0 Å². The monoisotopic (exact) mass is 442 g/mol. The van der Waals surface area contributed by atoms with Crippen molar-refractivity contribution in [2.24, 2.45) is 0 Å². The SMILES string of the molecule is COc1cc(OC)c(Cl)c(-c2ccc(C(=O)Nc3cnc[nH]3)c3ncccc23)c1Cl. The average Bonchev–Trinajstić information content (AvgIpc) is 3.27. The lowest BCUT2D eigenvalue weighted by molar-refractivity contribution is 0.102. The van der Waals surface area contributed by atoms with Gasteiger partial charge in [0.25, 0.3) is 5.91 Å². The molecule has 0 atom stereocenters. The van der Waals surface area contributed by atoms with Crippen LogP contribution in [0.4, 0.5) is 5.82 Å². The zero-order valence-electron chi connectivity index (χ0n) is 16.0. The molecule has 0 saturated heterocycles. The summed E-state index contributed by atoms with van der Waals surface area (Å²) in [6.07, 6.45) is 4.62. The Labute approximate surface area is 182 Å². The van der Waals surface area contributed by atoms with E-state index in [9.17, 15) is 4.79 Å². The number of benzene rings is 2. The van der Waals surface area contributed by atoms with Crippen LogP contribution in [-0.4, -0.2) is 35.1 Å². The minimum atomic E-state index is -0.324. The Kier molecular flexibility index (Phi) is 5.48. The number of H-pyrrole nitrogens is 1. The highest BCUT2D eigenvalue weighted by atomic mass is 35.5. The highest BCUT2D eigenvalue weighted by Gasteiger charge is 2.22. The van der Waals surface area contributed by atoms with Crippen molar-refractivity contribution in [3.8, 4) is 22.6 Å². The zero-order valence-corrected chi connectivity index (χ0v) is 17.5. The molecule has 0 aliphatic heterocycles. The van der Waals surface area contributed by atoms with Gasteiger partial charge in [-0.3, -0.25) is 9.78 Å². The van der Waals surface area contributed by atoms with E-state index in [4.69, 9.17) is 32.7 Å². The zero-order chi connectivity index (χ0) is 21.3. The summed E-state index contributed by atoms with van der Waals surface area (Å²) in [6, 6.07) is 8.71. The predicted octanol–water partition coefficient (Wildman–Crippen LogP) is 5.20. The number of nitrogens with one attached hydrogen (secondary N) is 2. The Morgan fingerprint density at radius 1 is 1.10 bits per heavy atom. The van der Waals surface area contributed by atoms with Crippen LogP contribution in [0.15, 0.2) is 49.1 Å². The van der Waals surface area contributed by atoms with Crippen molar-refractivity contribution < 1.29 is 14.3 Å². The number of imidazole rings is 1. The van der Waals surface area contributed by atoms with Crippen LogP contribution in [0, 0.1) is 0 Å². The summed E-state index contributed by atoms with van der Waals surface area (Å²) >= 11 is 13.2. The molecule has 7 nitrogen and oxygen atoms in total. The third kappa shape index (κ3) is 3.42. The Hall–Kier alpha value is -3.29. The third-order valence-corrected chi connectivity index (χ3v) is 5.35. The highest BCUT2D eigenvalue weighted by molar-refractivity contribution is 6.41. The number of amides is 1. The fourth-order valence-corrected chi connectivity index (χ4v) is 3.91. The Morgan fingerprint density at radius 3 is 2.47 bits per heavy atom. The van der Waals surface area contributed by atoms with Crippen molar-refractivity contribution in [3.05, 3.63) is 64.7 Å². The van der Waals surface area contributed by atoms with Crippen molar-refractivity contribution >= 4 is 45.8 Å². The summed E-state index contributed by atoms with van der Waals surface area (Å²) < 4.78 is 10.8. The number of aromatic amines is 1. The quantitative estimate of drug-likeness (QED) is 0.443. The molecule has 9 heteroatoms. The molecule has 0 aliphatic rings. The maximum Gasteiger partial charge on any atom is 0.259 e. The molecule has 0 unspecified atom stereocenters. The number of carbonyl (C=O) groups is 1. The van der Waals surface area contributed by atoms with Crippen LogP contribution in [0.2, 0.25) is 10.0 Å². The van der Waals surface area contributed by atoms with Crippen LogP contribution < -0.4 is 14.8 Å². The van der Waals surface area contributed by atoms with Crippen molar-refractivity contribution in [3.63, 3.8) is 0 Å². The van der Waals surface area contributed by atoms with E-state index in [1.807, 2.05) is 6.07 Å². The number of ether oxygens (including phenoxy) is 2. The summed E-state index contributed by atoms with van der Waals surface area (Å²) in [6.45, 7) is 0. The van der Waals surface area contributed by atoms with Crippen LogP contribution in [0.25, 0.3) is 22.0 Å². The molecule has 2 N–H and O–H groups in total. The smallest absolute Gasteiger partial charge is 0.259 e. The molecular formula is C21H16Cl2N4O3. The van der Waals surface area contributed by atoms with Crippen molar-refractivity contribution in [1.82, 2.24) is 15.0 Å². The number of pyridine rings is 1. The van der Waals surface area contributed by atoms with E-state index in [-0.39, 0.29) is 5.91 Å². The molecule has 1 amide bonds. The van der Waals surface area contributed by atoms with E-state index in [0.29, 0.717) is 55.0 Å². The molecule has 0 saturated carbocycles. The van der Waals surface area contributed by atoms with Crippen LogP contribution in [0.1, 0.15) is 10.4 Å². The third-order valence-electron chi connectivity index (χ3n) is 4.60. The van der Waals surface area contributed by atoms with Gasteiger partial charge < -0.3 is 19.8 Å². The molecule has 30 heavy (non-hydrogen) atoms. The lowest BCUT2D eigenvalue weighted by Gasteiger charge is -2.17. The van der Waals surface area contributed by atoms with Gasteiger partial charge in [0.1, 0.15) is 17.3 Å². The first-order valence-corrected chi connectivity index (χ1v) is 9.58. The molecule has 152 valence electrons. The molecule has 0 bridgehead atoms. The van der Waals surface area contributed by atoms with E-state index in [1.165, 1.54) is 26.7 Å². The van der Waals surface area contributed by atoms with Gasteiger partial charge in [0, 0.05) is 23.2 Å². The van der Waals surface area contributed by atoms with Crippen molar-refractivity contribution in [1.29, 1.82) is 0 Å². The summed E-state index contributed by atoms with van der Waals surface area (Å²) in [5, 5.41) is 4.13. The fraction of sp³-hybridized carbons (Fsp3) is 0.0952. The number of methoxy groups -OCH3 is 2. The molecule has 0 radical (unpaired) electrons. The van der Waals surface area contributed by atoms with Crippen molar-refractivity contribution in [2.75, 3.05) is 19.5 Å². The summed E-state index contributed by atoms with van der Waals surface area (Å²) in [4.78, 5) is 24.0. The van der Waals surface area contributed by atoms with E-state index >= 15 is 0 Å². The molecule has 4 rings (SSSR count). The molecule has 4 aromatic rings. The van der Waals surface area contributed by atoms with Gasteiger partial charge in [-0.25, -0.2) is 4.98 Å². The Morgan fingerprint density at radius 2 is 1.83 bits per heavy atom. The molecular weight excluding hydrogens is 427 g/mol. The van der Waals surface area contributed by atoms with E-state index in [1.54, 1.807) is 30.5 Å². The Bertz CT molecular complexity index is 1210. The van der Waals surface area contributed by atoms with Gasteiger partial charge in [-0.2, -0.15) is 0 Å². The van der Waals surface area contributed by atoms with Crippen LogP contribution >= 0.6 is 23.2 Å². The number of halogens is 2. The maximum absolute atomic E-state index is 12.8. The standard InChI is InChI=1S/C21H16Cl2N4O3/c1-29-14-8-15(30-2)19(23)17(18(14)22)11-5-6-13(20-12(11)4-3-7-25-20)21(28)27-16-9-24-10-26-16/h3-10H,1-2H3,(H,24,26)(H,27,28). The first kappa shape index (κ1) is 20.0. The summed E-state index contributed by atoms with van der Waals surface area (Å²) in [5.41, 5.74) is 2.13. The first-order chi connectivity index (χ1) is 14.5. The number of aromatic nitrogens is 3. The number of rotatable bonds is 5. The van der Waals surface area contributed by atoms with Gasteiger partial charge in [0.2, 0.25) is 0 Å². The maximum atomic E-state index is 12.8. The largest absolute Gasteiger partial charge is 0.495 e. The number of fused-ring (bicyclic) bond motifs is 1. The van der Waals surface area contributed by atoms with Gasteiger partial charge in [0.15, 0.2) is 0 Å². The van der Waals surface area contributed by atoms with Crippen LogP contribution in [-0.2, 0) is 0 Å². The normalized spacial score (nSPS) is 10.8. The van der Waals surface area contributed by atoms with Gasteiger partial charge in [-0.15, -0.1) is 0 Å². The summed E-state index contributed by atoms with van der Waals surface area (Å²) in [7, 11) is 3.03. The van der Waals surface area contributed by atoms with Crippen LogP contribution in [0.3, 0.4) is 0 Å². The first-order valence-electron chi connectivity index (χ1n) is 8.83. The predicted molar refractivity (Wildman–Crippen MR) is 117 cm³/mol. The molecule has 2 heterocycles. The molecule has 2 aromatic carbocycles. The lowest BCUT2D eigenvalue weighted by Crippen LogP contribution is -2.13. The molecule has 0 fully saturated rings. The average molecular weight is 443 g/mol. The van der Waals surface area contributed by atoms with Gasteiger partial charge >= 0.3 is 0 Å². The lowest BCUT2D eigenvalue weighted by atomic mass is 9.97. The second-order valence-electron chi connectivity index (χ2n) is 6.26. The Balaban J connectivity index is 1.92. The van der Waals surface area contributed by atoms with E-state index in [0.717, 1.165) is 0 Å². The van der Waals surface area contributed by atoms with E-state index in [2.05, 4.69) is 20.3 Å².